The molecule has 12 atom stereocenters. The van der Waals surface area contributed by atoms with E-state index in [0.29, 0.717) is 46.2 Å². The van der Waals surface area contributed by atoms with Crippen LogP contribution >= 0.6 is 0 Å². The van der Waals surface area contributed by atoms with Gasteiger partial charge in [0.1, 0.15) is 6.10 Å². The Bertz CT molecular complexity index is 1050. The molecule has 4 heteroatoms. The van der Waals surface area contributed by atoms with Crippen molar-refractivity contribution in [1.82, 2.24) is 0 Å². The summed E-state index contributed by atoms with van der Waals surface area (Å²) in [7, 11) is 0. The number of ether oxygens (including phenoxy) is 3. The summed E-state index contributed by atoms with van der Waals surface area (Å²) in [6.07, 6.45) is 12.6. The van der Waals surface area contributed by atoms with Crippen LogP contribution in [0.5, 0.6) is 0 Å². The first-order valence-corrected chi connectivity index (χ1v) is 15.8. The van der Waals surface area contributed by atoms with Gasteiger partial charge in [-0.1, -0.05) is 45.9 Å². The molecule has 4 saturated carbocycles. The van der Waals surface area contributed by atoms with Gasteiger partial charge in [0.25, 0.3) is 0 Å². The van der Waals surface area contributed by atoms with Gasteiger partial charge in [0.05, 0.1) is 18.3 Å². The van der Waals surface area contributed by atoms with Crippen LogP contribution in [0.2, 0.25) is 0 Å². The zero-order chi connectivity index (χ0) is 26.3. The third-order valence-corrected chi connectivity index (χ3v) is 13.2. The summed E-state index contributed by atoms with van der Waals surface area (Å²) in [6, 6.07) is 9.51. The van der Waals surface area contributed by atoms with Gasteiger partial charge in [-0.2, -0.15) is 0 Å². The molecule has 0 unspecified atom stereocenters. The molecule has 0 bridgehead atoms. The van der Waals surface area contributed by atoms with Crippen molar-refractivity contribution >= 4 is 5.97 Å². The first-order chi connectivity index (χ1) is 18.2. The van der Waals surface area contributed by atoms with Crippen LogP contribution in [0.1, 0.15) is 102 Å². The van der Waals surface area contributed by atoms with Crippen molar-refractivity contribution in [3.63, 3.8) is 0 Å². The molecule has 0 N–H and O–H groups in total. The van der Waals surface area contributed by atoms with Gasteiger partial charge < -0.3 is 14.2 Å². The number of rotatable bonds is 2. The molecule has 38 heavy (non-hydrogen) atoms. The molecule has 7 rings (SSSR count). The van der Waals surface area contributed by atoms with Crippen LogP contribution in [-0.2, 0) is 14.2 Å². The fourth-order valence-corrected chi connectivity index (χ4v) is 11.1. The van der Waals surface area contributed by atoms with Crippen LogP contribution in [0.15, 0.2) is 30.3 Å². The van der Waals surface area contributed by atoms with Gasteiger partial charge in [0.2, 0.25) is 0 Å². The molecule has 4 nitrogen and oxygen atoms in total. The van der Waals surface area contributed by atoms with Crippen molar-refractivity contribution in [2.24, 2.45) is 52.3 Å². The van der Waals surface area contributed by atoms with Gasteiger partial charge in [-0.25, -0.2) is 4.79 Å². The molecule has 0 aromatic heterocycles. The summed E-state index contributed by atoms with van der Waals surface area (Å²) in [5.41, 5.74) is 1.44. The minimum atomic E-state index is -0.314. The Labute approximate surface area is 229 Å². The number of fused-ring (bicyclic) bond motifs is 7. The van der Waals surface area contributed by atoms with Gasteiger partial charge in [0.15, 0.2) is 5.79 Å². The molecule has 1 spiro atoms. The van der Waals surface area contributed by atoms with Gasteiger partial charge in [0, 0.05) is 12.3 Å². The molecule has 6 fully saturated rings. The second kappa shape index (κ2) is 9.06. The van der Waals surface area contributed by atoms with E-state index in [2.05, 4.69) is 27.7 Å². The molecule has 4 aliphatic carbocycles. The van der Waals surface area contributed by atoms with Crippen LogP contribution < -0.4 is 0 Å². The van der Waals surface area contributed by atoms with E-state index in [1.54, 1.807) is 0 Å². The molecule has 0 radical (unpaired) electrons. The minimum Gasteiger partial charge on any atom is -0.459 e. The highest BCUT2D eigenvalue weighted by Gasteiger charge is 2.69. The highest BCUT2D eigenvalue weighted by Crippen LogP contribution is 2.71. The average Bonchev–Trinajstić information content (AvgIpc) is 3.36. The quantitative estimate of drug-likeness (QED) is 0.376. The summed E-state index contributed by atoms with van der Waals surface area (Å²) < 4.78 is 19.5. The molecule has 2 aliphatic heterocycles. The second-order valence-corrected chi connectivity index (χ2v) is 14.8. The number of esters is 1. The Kier molecular flexibility index (Phi) is 6.10. The Morgan fingerprint density at radius 2 is 1.68 bits per heavy atom. The van der Waals surface area contributed by atoms with E-state index in [4.69, 9.17) is 14.2 Å². The first kappa shape index (κ1) is 25.6. The highest BCUT2D eigenvalue weighted by atomic mass is 16.7. The Morgan fingerprint density at radius 3 is 2.45 bits per heavy atom. The van der Waals surface area contributed by atoms with Gasteiger partial charge in [-0.3, -0.25) is 0 Å². The maximum atomic E-state index is 12.7. The van der Waals surface area contributed by atoms with Gasteiger partial charge >= 0.3 is 5.97 Å². The maximum absolute atomic E-state index is 12.7. The second-order valence-electron chi connectivity index (χ2n) is 14.8. The largest absolute Gasteiger partial charge is 0.459 e. The van der Waals surface area contributed by atoms with Crippen molar-refractivity contribution in [3.05, 3.63) is 35.9 Å². The van der Waals surface area contributed by atoms with E-state index >= 15 is 0 Å². The molecule has 0 amide bonds. The SMILES string of the molecule is C[C@H]1CC[C@]2(OC1)O[C@H]1C[C@H]3[C@@H]4CC[C@@H]5C[C@H](OC(=O)c6ccccc6)CC[C@]5(C)[C@H]4CC[C@]3(C)[C@@H]1[C@@H]2C. The van der Waals surface area contributed by atoms with Gasteiger partial charge in [-0.15, -0.1) is 0 Å². The van der Waals surface area contributed by atoms with Gasteiger partial charge in [-0.05, 0) is 116 Å². The van der Waals surface area contributed by atoms with E-state index in [0.717, 1.165) is 43.6 Å². The third kappa shape index (κ3) is 3.71. The Hall–Kier alpha value is -1.39. The predicted octanol–water partition coefficient (Wildman–Crippen LogP) is 7.66. The lowest BCUT2D eigenvalue weighted by atomic mass is 9.44. The van der Waals surface area contributed by atoms with E-state index in [1.165, 1.54) is 44.9 Å². The number of hydrogen-bond donors (Lipinski definition) is 0. The van der Waals surface area contributed by atoms with Crippen LogP contribution in [0.3, 0.4) is 0 Å². The van der Waals surface area contributed by atoms with E-state index in [-0.39, 0.29) is 17.9 Å². The van der Waals surface area contributed by atoms with E-state index in [9.17, 15) is 4.79 Å². The van der Waals surface area contributed by atoms with E-state index < -0.39 is 0 Å². The molecule has 1 aromatic carbocycles. The molecule has 1 aromatic rings. The average molecular weight is 521 g/mol. The molecular formula is C34H48O4. The summed E-state index contributed by atoms with van der Waals surface area (Å²) in [5.74, 6) is 4.41. The maximum Gasteiger partial charge on any atom is 0.338 e. The van der Waals surface area contributed by atoms with Crippen LogP contribution in [-0.4, -0.2) is 30.6 Å². The van der Waals surface area contributed by atoms with Crippen LogP contribution in [0.4, 0.5) is 0 Å². The summed E-state index contributed by atoms with van der Waals surface area (Å²) >= 11 is 0. The smallest absolute Gasteiger partial charge is 0.338 e. The van der Waals surface area contributed by atoms with E-state index in [1.807, 2.05) is 30.3 Å². The molecule has 2 saturated heterocycles. The van der Waals surface area contributed by atoms with Crippen LogP contribution in [0, 0.1) is 52.3 Å². The van der Waals surface area contributed by atoms with Crippen LogP contribution in [0.25, 0.3) is 0 Å². The fourth-order valence-electron chi connectivity index (χ4n) is 11.1. The Balaban J connectivity index is 1.05. The summed E-state index contributed by atoms with van der Waals surface area (Å²) in [6.45, 7) is 10.9. The molecule has 208 valence electrons. The lowest BCUT2D eigenvalue weighted by molar-refractivity contribution is -0.273. The number of carbonyl (C=O) groups excluding carboxylic acids is 1. The van der Waals surface area contributed by atoms with Crippen molar-refractivity contribution in [1.29, 1.82) is 0 Å². The number of carbonyl (C=O) groups is 1. The zero-order valence-electron chi connectivity index (χ0n) is 24.0. The van der Waals surface area contributed by atoms with Crippen molar-refractivity contribution in [2.45, 2.75) is 110 Å². The monoisotopic (exact) mass is 520 g/mol. The standard InChI is InChI=1S/C34H48O4/c1-21-12-17-34(36-20-21)22(2)30-29(38-34)19-28-26-11-10-24-18-25(37-31(35)23-8-6-5-7-9-23)13-15-32(24,3)27(26)14-16-33(28,30)4/h5-9,21-22,24-30H,10-20H2,1-4H3/t21-,22-,24+,25+,26+,27-,28-,29-,30+,32-,33-,34-/m0/s1. The Morgan fingerprint density at radius 1 is 0.895 bits per heavy atom. The normalized spacial score (nSPS) is 51.5. The number of hydrogen-bond acceptors (Lipinski definition) is 4. The fraction of sp³-hybridized carbons (Fsp3) is 0.794. The highest BCUT2D eigenvalue weighted by molar-refractivity contribution is 5.89. The molecule has 2 heterocycles. The first-order valence-electron chi connectivity index (χ1n) is 15.8. The van der Waals surface area contributed by atoms with Crippen molar-refractivity contribution < 1.29 is 19.0 Å². The lowest BCUT2D eigenvalue weighted by Crippen LogP contribution is -2.55. The minimum absolute atomic E-state index is 0.0701. The molecule has 6 aliphatic rings. The topological polar surface area (TPSA) is 44.8 Å². The van der Waals surface area contributed by atoms with Crippen molar-refractivity contribution in [2.75, 3.05) is 6.61 Å². The summed E-state index contributed by atoms with van der Waals surface area (Å²) in [4.78, 5) is 12.7. The third-order valence-electron chi connectivity index (χ3n) is 13.2. The summed E-state index contributed by atoms with van der Waals surface area (Å²) in [5, 5.41) is 0. The zero-order valence-corrected chi connectivity index (χ0v) is 24.0. The number of benzene rings is 1. The van der Waals surface area contributed by atoms with Crippen molar-refractivity contribution in [3.8, 4) is 0 Å². The predicted molar refractivity (Wildman–Crippen MR) is 147 cm³/mol. The molecular weight excluding hydrogens is 472 g/mol. The lowest BCUT2D eigenvalue weighted by Gasteiger charge is -2.61.